The fraction of sp³-hybridized carbons (Fsp3) is 0.312. The average Bonchev–Trinajstić information content (AvgIpc) is 2.97. The van der Waals surface area contributed by atoms with Gasteiger partial charge in [-0.15, -0.1) is 0 Å². The molecular formula is C16H17N3O3. The van der Waals surface area contributed by atoms with Gasteiger partial charge in [0.25, 0.3) is 5.91 Å². The molecule has 6 nitrogen and oxygen atoms in total. The van der Waals surface area contributed by atoms with E-state index in [0.717, 1.165) is 17.5 Å². The molecule has 1 aromatic carbocycles. The maximum Gasteiger partial charge on any atom is 0.265 e. The fourth-order valence-corrected chi connectivity index (χ4v) is 2.63. The van der Waals surface area contributed by atoms with Gasteiger partial charge < -0.3 is 9.64 Å². The van der Waals surface area contributed by atoms with Gasteiger partial charge >= 0.3 is 0 Å². The summed E-state index contributed by atoms with van der Waals surface area (Å²) in [5.74, 6) is 0.635. The molecule has 0 spiro atoms. The van der Waals surface area contributed by atoms with Crippen molar-refractivity contribution < 1.29 is 14.3 Å². The molecule has 0 saturated carbocycles. The third-order valence-electron chi connectivity index (χ3n) is 3.75. The van der Waals surface area contributed by atoms with Crippen LogP contribution in [0.5, 0.6) is 5.75 Å². The van der Waals surface area contributed by atoms with E-state index in [9.17, 15) is 9.59 Å². The zero-order chi connectivity index (χ0) is 15.7. The summed E-state index contributed by atoms with van der Waals surface area (Å²) in [6, 6.07) is 7.36. The van der Waals surface area contributed by atoms with E-state index in [4.69, 9.17) is 4.74 Å². The molecule has 1 aliphatic heterocycles. The molecule has 0 saturated heterocycles. The van der Waals surface area contributed by atoms with Crippen LogP contribution in [0.4, 0.5) is 5.69 Å². The molecular weight excluding hydrogens is 282 g/mol. The van der Waals surface area contributed by atoms with Crippen LogP contribution in [-0.2, 0) is 11.3 Å². The summed E-state index contributed by atoms with van der Waals surface area (Å²) in [7, 11) is 0. The minimum Gasteiger partial charge on any atom is -0.482 e. The van der Waals surface area contributed by atoms with Crippen LogP contribution in [0.1, 0.15) is 24.3 Å². The van der Waals surface area contributed by atoms with Gasteiger partial charge in [0, 0.05) is 18.7 Å². The Kier molecular flexibility index (Phi) is 3.66. The number of hydrogen-bond acceptors (Lipinski definition) is 4. The number of fused-ring (bicyclic) bond motifs is 1. The zero-order valence-corrected chi connectivity index (χ0v) is 12.6. The zero-order valence-electron chi connectivity index (χ0n) is 12.6. The van der Waals surface area contributed by atoms with Crippen LogP contribution in [0.15, 0.2) is 24.3 Å². The number of carbonyl (C=O) groups excluding carboxylic acids is 2. The maximum atomic E-state index is 11.9. The van der Waals surface area contributed by atoms with Crippen molar-refractivity contribution in [2.24, 2.45) is 0 Å². The Morgan fingerprint density at radius 1 is 1.27 bits per heavy atom. The average molecular weight is 299 g/mol. The molecule has 0 atom stereocenters. The number of amides is 1. The maximum absolute atomic E-state index is 11.9. The number of ether oxygens (including phenoxy) is 1. The third kappa shape index (κ3) is 2.26. The van der Waals surface area contributed by atoms with Crippen LogP contribution in [0.2, 0.25) is 0 Å². The Morgan fingerprint density at radius 3 is 2.73 bits per heavy atom. The predicted octanol–water partition coefficient (Wildman–Crippen LogP) is 2.13. The minimum absolute atomic E-state index is 0.0557. The second kappa shape index (κ2) is 5.63. The van der Waals surface area contributed by atoms with Crippen molar-refractivity contribution in [3.63, 3.8) is 0 Å². The molecule has 0 fully saturated rings. The topological polar surface area (TPSA) is 64.4 Å². The monoisotopic (exact) mass is 299 g/mol. The molecule has 2 heterocycles. The molecule has 0 radical (unpaired) electrons. The Labute approximate surface area is 128 Å². The van der Waals surface area contributed by atoms with Crippen LogP contribution in [0.25, 0.3) is 11.3 Å². The Bertz CT molecular complexity index is 736. The molecule has 0 bridgehead atoms. The molecule has 2 aromatic rings. The van der Waals surface area contributed by atoms with E-state index in [0.29, 0.717) is 30.2 Å². The van der Waals surface area contributed by atoms with E-state index in [1.54, 1.807) is 15.6 Å². The second-order valence-corrected chi connectivity index (χ2v) is 5.00. The van der Waals surface area contributed by atoms with Crippen molar-refractivity contribution in [3.8, 4) is 17.0 Å². The van der Waals surface area contributed by atoms with Crippen molar-refractivity contribution >= 4 is 17.9 Å². The van der Waals surface area contributed by atoms with Gasteiger partial charge in [0.05, 0.1) is 11.4 Å². The quantitative estimate of drug-likeness (QED) is 0.811. The highest BCUT2D eigenvalue weighted by Gasteiger charge is 2.24. The van der Waals surface area contributed by atoms with Gasteiger partial charge in [0.1, 0.15) is 11.4 Å². The standard InChI is InChI=1S/C16H17N3O3/c1-3-18-14-7-11(5-6-15(14)22-10-16(18)21)13-8-12(9-20)19(4-2)17-13/h5-9H,3-4,10H2,1-2H3. The summed E-state index contributed by atoms with van der Waals surface area (Å²) < 4.78 is 7.11. The van der Waals surface area contributed by atoms with Crippen LogP contribution < -0.4 is 9.64 Å². The first-order chi connectivity index (χ1) is 10.7. The number of aldehydes is 1. The molecule has 114 valence electrons. The van der Waals surface area contributed by atoms with E-state index >= 15 is 0 Å². The van der Waals surface area contributed by atoms with E-state index in [1.807, 2.05) is 32.0 Å². The number of aryl methyl sites for hydroxylation is 1. The largest absolute Gasteiger partial charge is 0.482 e. The van der Waals surface area contributed by atoms with E-state index in [2.05, 4.69) is 5.10 Å². The van der Waals surface area contributed by atoms with E-state index in [1.165, 1.54) is 0 Å². The summed E-state index contributed by atoms with van der Waals surface area (Å²) in [6.07, 6.45) is 0.795. The van der Waals surface area contributed by atoms with E-state index < -0.39 is 0 Å². The van der Waals surface area contributed by atoms with Gasteiger partial charge in [-0.05, 0) is 38.1 Å². The molecule has 3 rings (SSSR count). The molecule has 6 heteroatoms. The predicted molar refractivity (Wildman–Crippen MR) is 82.2 cm³/mol. The molecule has 0 aliphatic carbocycles. The highest BCUT2D eigenvalue weighted by molar-refractivity contribution is 5.98. The lowest BCUT2D eigenvalue weighted by atomic mass is 10.1. The number of carbonyl (C=O) groups is 2. The minimum atomic E-state index is -0.0557. The summed E-state index contributed by atoms with van der Waals surface area (Å²) in [4.78, 5) is 24.7. The first kappa shape index (κ1) is 14.3. The summed E-state index contributed by atoms with van der Waals surface area (Å²) in [5, 5.41) is 4.43. The lowest BCUT2D eigenvalue weighted by Crippen LogP contribution is -2.38. The molecule has 1 amide bonds. The van der Waals surface area contributed by atoms with Gasteiger partial charge in [0.15, 0.2) is 12.9 Å². The van der Waals surface area contributed by atoms with Gasteiger partial charge in [-0.1, -0.05) is 0 Å². The van der Waals surface area contributed by atoms with Crippen LogP contribution in [-0.4, -0.2) is 35.1 Å². The van der Waals surface area contributed by atoms with Gasteiger partial charge in [-0.3, -0.25) is 14.3 Å². The Morgan fingerprint density at radius 2 is 2.09 bits per heavy atom. The number of anilines is 1. The summed E-state index contributed by atoms with van der Waals surface area (Å²) in [6.45, 7) is 5.14. The van der Waals surface area contributed by atoms with Crippen LogP contribution in [0, 0.1) is 0 Å². The third-order valence-corrected chi connectivity index (χ3v) is 3.75. The van der Waals surface area contributed by atoms with Crippen molar-refractivity contribution in [3.05, 3.63) is 30.0 Å². The summed E-state index contributed by atoms with van der Waals surface area (Å²) in [5.41, 5.74) is 2.84. The molecule has 1 aliphatic rings. The Balaban J connectivity index is 2.06. The van der Waals surface area contributed by atoms with Crippen molar-refractivity contribution in [2.45, 2.75) is 20.4 Å². The van der Waals surface area contributed by atoms with Crippen molar-refractivity contribution in [1.82, 2.24) is 9.78 Å². The SMILES string of the molecule is CCN1C(=O)COc2ccc(-c3cc(C=O)n(CC)n3)cc21. The molecule has 0 N–H and O–H groups in total. The number of likely N-dealkylation sites (N-methyl/N-ethyl adjacent to an activating group) is 1. The summed E-state index contributed by atoms with van der Waals surface area (Å²) >= 11 is 0. The smallest absolute Gasteiger partial charge is 0.265 e. The lowest BCUT2D eigenvalue weighted by molar-refractivity contribution is -0.121. The van der Waals surface area contributed by atoms with Gasteiger partial charge in [0.2, 0.25) is 0 Å². The van der Waals surface area contributed by atoms with Crippen LogP contribution >= 0.6 is 0 Å². The van der Waals surface area contributed by atoms with Crippen molar-refractivity contribution in [2.75, 3.05) is 18.1 Å². The molecule has 1 aromatic heterocycles. The number of hydrogen-bond donors (Lipinski definition) is 0. The Hall–Kier alpha value is -2.63. The second-order valence-electron chi connectivity index (χ2n) is 5.00. The lowest BCUT2D eigenvalue weighted by Gasteiger charge is -2.28. The molecule has 0 unspecified atom stereocenters. The highest BCUT2D eigenvalue weighted by Crippen LogP contribution is 2.35. The van der Waals surface area contributed by atoms with Crippen molar-refractivity contribution in [1.29, 1.82) is 0 Å². The fourth-order valence-electron chi connectivity index (χ4n) is 2.63. The number of nitrogens with zero attached hydrogens (tertiary/aromatic N) is 3. The number of rotatable bonds is 4. The van der Waals surface area contributed by atoms with Gasteiger partial charge in [-0.2, -0.15) is 5.10 Å². The van der Waals surface area contributed by atoms with E-state index in [-0.39, 0.29) is 12.5 Å². The van der Waals surface area contributed by atoms with Gasteiger partial charge in [-0.25, -0.2) is 0 Å². The number of aromatic nitrogens is 2. The molecule has 22 heavy (non-hydrogen) atoms. The van der Waals surface area contributed by atoms with Crippen LogP contribution in [0.3, 0.4) is 0 Å². The number of benzene rings is 1. The normalized spacial score (nSPS) is 13.7. The first-order valence-corrected chi connectivity index (χ1v) is 7.28. The highest BCUT2D eigenvalue weighted by atomic mass is 16.5. The first-order valence-electron chi connectivity index (χ1n) is 7.28.